The fourth-order valence-electron chi connectivity index (χ4n) is 9.93. The number of hydrogen-bond acceptors (Lipinski definition) is 14. The van der Waals surface area contributed by atoms with Crippen LogP contribution in [0.5, 0.6) is 17.2 Å². The average molecular weight is 962 g/mol. The number of aliphatic hydroxyl groups excluding tert-OH is 2. The Labute approximate surface area is 405 Å². The number of non-ortho nitro benzene ring substituents is 2. The van der Waals surface area contributed by atoms with Crippen molar-refractivity contribution in [2.45, 2.75) is 89.2 Å². The third-order valence-electron chi connectivity index (χ3n) is 13.0. The fraction of sp³-hybridized carbons (Fsp3) is 0.404. The Balaban J connectivity index is 1.38. The topological polar surface area (TPSA) is 235 Å². The molecule has 0 spiro atoms. The minimum atomic E-state index is -1.64. The van der Waals surface area contributed by atoms with Crippen molar-refractivity contribution in [3.8, 4) is 17.2 Å². The average Bonchev–Trinajstić information content (AvgIpc) is 3.36. The first kappa shape index (κ1) is 50.7. The van der Waals surface area contributed by atoms with Crippen LogP contribution in [0.25, 0.3) is 0 Å². The monoisotopic (exact) mass is 961 g/mol. The van der Waals surface area contributed by atoms with Gasteiger partial charge in [-0.15, -0.1) is 6.58 Å². The van der Waals surface area contributed by atoms with Gasteiger partial charge in [0.25, 0.3) is 11.4 Å². The zero-order valence-corrected chi connectivity index (χ0v) is 39.1. The second-order valence-electron chi connectivity index (χ2n) is 17.5. The Bertz CT molecular complexity index is 2520. The Morgan fingerprint density at radius 3 is 2.21 bits per heavy atom. The third-order valence-corrected chi connectivity index (χ3v) is 13.0. The maximum atomic E-state index is 14.7. The number of amides is 2. The summed E-state index contributed by atoms with van der Waals surface area (Å²) >= 11 is 0. The molecule has 6 unspecified atom stereocenters. The summed E-state index contributed by atoms with van der Waals surface area (Å²) < 4.78 is 26.2. The lowest BCUT2D eigenvalue weighted by atomic mass is 9.55. The number of nitrogens with one attached hydrogen (secondary N) is 1. The first-order valence-corrected chi connectivity index (χ1v) is 23.7. The van der Waals surface area contributed by atoms with Gasteiger partial charge in [0.1, 0.15) is 29.9 Å². The highest BCUT2D eigenvalue weighted by atomic mass is 16.7. The summed E-state index contributed by atoms with van der Waals surface area (Å²) in [7, 11) is 0. The van der Waals surface area contributed by atoms with Crippen molar-refractivity contribution in [3.63, 3.8) is 0 Å². The molecule has 18 nitrogen and oxygen atoms in total. The van der Waals surface area contributed by atoms with Crippen molar-refractivity contribution in [1.29, 1.82) is 0 Å². The molecule has 18 heteroatoms. The van der Waals surface area contributed by atoms with Gasteiger partial charge in [0.05, 0.1) is 28.1 Å². The van der Waals surface area contributed by atoms with Gasteiger partial charge in [0, 0.05) is 68.5 Å². The van der Waals surface area contributed by atoms with Gasteiger partial charge in [-0.3, -0.25) is 25.1 Å². The van der Waals surface area contributed by atoms with Crippen LogP contribution in [0.4, 0.5) is 21.0 Å². The number of aliphatic hydroxyl groups is 2. The summed E-state index contributed by atoms with van der Waals surface area (Å²) in [6, 6.07) is 24.8. The van der Waals surface area contributed by atoms with E-state index in [1.165, 1.54) is 41.3 Å². The van der Waals surface area contributed by atoms with Gasteiger partial charge in [-0.2, -0.15) is 0 Å². The van der Waals surface area contributed by atoms with Gasteiger partial charge in [0.15, 0.2) is 0 Å². The van der Waals surface area contributed by atoms with Crippen LogP contribution in [0.3, 0.4) is 0 Å². The number of benzene rings is 4. The summed E-state index contributed by atoms with van der Waals surface area (Å²) in [6.07, 6.45) is 6.71. The standard InChI is InChI=1S/C52H59N5O13/c1-3-26-55(51(61)69-40-22-20-39(21-23-40)57(64)65)47-32-45(54-67-34-36-16-18-38(19-17-36)56(62)63)43-30-37(14-8-10-27-58)42(15-9-11-28-59)48-44-31-41(68-50(60)53-33-35-12-6-5-7-13-35)24-25-46(44)70-52(47,49(43)48)66-29-4-2/h4-7,12-13,16-25,30-31,37,42,47-49,58-59H,2-3,8-11,14-15,26-29,32-34H2,1H3,(H,53,60). The minimum absolute atomic E-state index is 0.000701. The number of carbonyl (C=O) groups excluding carboxylic acids is 2. The largest absolute Gasteiger partial charge is 0.459 e. The van der Waals surface area contributed by atoms with Crippen LogP contribution in [-0.2, 0) is 22.7 Å². The predicted octanol–water partition coefficient (Wildman–Crippen LogP) is 9.54. The molecule has 1 heterocycles. The minimum Gasteiger partial charge on any atom is -0.459 e. The maximum Gasteiger partial charge on any atom is 0.415 e. The number of hydrogen-bond donors (Lipinski definition) is 3. The molecular formula is C52H59N5O13. The summed E-state index contributed by atoms with van der Waals surface area (Å²) in [5.41, 5.74) is 3.24. The van der Waals surface area contributed by atoms with E-state index in [1.807, 2.05) is 43.3 Å². The molecule has 0 radical (unpaired) electrons. The first-order chi connectivity index (χ1) is 34.0. The van der Waals surface area contributed by atoms with Crippen LogP contribution in [0.1, 0.15) is 80.9 Å². The normalized spacial score (nSPS) is 21.5. The lowest BCUT2D eigenvalue weighted by molar-refractivity contribution is -0.385. The summed E-state index contributed by atoms with van der Waals surface area (Å²) in [5.74, 6) is -2.25. The number of rotatable bonds is 23. The predicted molar refractivity (Wildman–Crippen MR) is 258 cm³/mol. The van der Waals surface area contributed by atoms with Crippen molar-refractivity contribution in [2.24, 2.45) is 22.9 Å². The van der Waals surface area contributed by atoms with Gasteiger partial charge < -0.3 is 39.3 Å². The molecular weight excluding hydrogens is 903 g/mol. The van der Waals surface area contributed by atoms with Crippen LogP contribution < -0.4 is 19.5 Å². The Morgan fingerprint density at radius 2 is 1.56 bits per heavy atom. The highest BCUT2D eigenvalue weighted by molar-refractivity contribution is 6.03. The van der Waals surface area contributed by atoms with E-state index in [9.17, 15) is 40.0 Å². The number of fused-ring (bicyclic) bond motifs is 2. The van der Waals surface area contributed by atoms with Crippen LogP contribution >= 0.6 is 0 Å². The van der Waals surface area contributed by atoms with Crippen LogP contribution in [-0.4, -0.2) is 81.1 Å². The molecule has 2 amide bonds. The van der Waals surface area contributed by atoms with Gasteiger partial charge in [-0.1, -0.05) is 67.4 Å². The summed E-state index contributed by atoms with van der Waals surface area (Å²) in [6.45, 7) is 6.26. The second-order valence-corrected chi connectivity index (χ2v) is 17.5. The maximum absolute atomic E-state index is 14.7. The molecule has 3 aliphatic rings. The molecule has 1 saturated carbocycles. The van der Waals surface area contributed by atoms with Crippen LogP contribution in [0.15, 0.2) is 127 Å². The summed E-state index contributed by atoms with van der Waals surface area (Å²) in [4.78, 5) is 57.5. The van der Waals surface area contributed by atoms with E-state index in [4.69, 9.17) is 28.9 Å². The quantitative estimate of drug-likeness (QED) is 0.0272. The lowest BCUT2D eigenvalue weighted by Crippen LogP contribution is -2.70. The molecule has 4 aromatic rings. The van der Waals surface area contributed by atoms with Crippen molar-refractivity contribution >= 4 is 29.3 Å². The molecule has 7 rings (SSSR count). The Morgan fingerprint density at radius 1 is 0.886 bits per heavy atom. The van der Waals surface area contributed by atoms with Gasteiger partial charge in [-0.05, 0) is 103 Å². The molecule has 2 aliphatic carbocycles. The van der Waals surface area contributed by atoms with E-state index < -0.39 is 45.7 Å². The van der Waals surface area contributed by atoms with Gasteiger partial charge in [0.2, 0.25) is 5.79 Å². The van der Waals surface area contributed by atoms with Crippen molar-refractivity contribution in [1.82, 2.24) is 10.2 Å². The fourth-order valence-corrected chi connectivity index (χ4v) is 9.93. The number of carbonyl (C=O) groups is 2. The molecule has 70 heavy (non-hydrogen) atoms. The molecule has 1 fully saturated rings. The van der Waals surface area contributed by atoms with E-state index in [0.717, 1.165) is 16.7 Å². The van der Waals surface area contributed by atoms with E-state index in [-0.39, 0.29) is 80.6 Å². The second kappa shape index (κ2) is 23.9. The molecule has 370 valence electrons. The molecule has 0 aromatic heterocycles. The number of nitrogens with zero attached hydrogens (tertiary/aromatic N) is 4. The number of oxime groups is 1. The SMILES string of the molecule is C=CCOC12Oc3ccc(OC(=O)NCc4ccccc4)cc3C3C(CCCCO)C(CCCCO)C=C(C(=NOCc4ccc([N+](=O)[O-])cc4)CC1N(CCC)C(=O)Oc1ccc([N+](=O)[O-])cc1)C32. The molecule has 0 bridgehead atoms. The molecule has 4 aromatic carbocycles. The van der Waals surface area contributed by atoms with E-state index in [1.54, 1.807) is 30.3 Å². The zero-order chi connectivity index (χ0) is 49.6. The van der Waals surface area contributed by atoms with Gasteiger partial charge in [-0.25, -0.2) is 9.59 Å². The van der Waals surface area contributed by atoms with Crippen molar-refractivity contribution < 1.29 is 53.4 Å². The molecule has 3 N–H and O–H groups in total. The third kappa shape index (κ3) is 11.8. The zero-order valence-electron chi connectivity index (χ0n) is 39.1. The smallest absolute Gasteiger partial charge is 0.415 e. The number of unbranched alkanes of at least 4 members (excludes halogenated alkanes) is 2. The Kier molecular flexibility index (Phi) is 17.3. The van der Waals surface area contributed by atoms with Gasteiger partial charge >= 0.3 is 12.2 Å². The van der Waals surface area contributed by atoms with Crippen molar-refractivity contribution in [2.75, 3.05) is 26.4 Å². The van der Waals surface area contributed by atoms with Crippen LogP contribution in [0.2, 0.25) is 0 Å². The highest BCUT2D eigenvalue weighted by Crippen LogP contribution is 2.62. The number of nitro benzene ring substituents is 2. The highest BCUT2D eigenvalue weighted by Gasteiger charge is 2.65. The summed E-state index contributed by atoms with van der Waals surface area (Å²) in [5, 5.41) is 50.4. The number of nitro groups is 2. The molecule has 1 aliphatic heterocycles. The Hall–Kier alpha value is -7.15. The van der Waals surface area contributed by atoms with Crippen LogP contribution in [0, 0.1) is 38.0 Å². The number of ether oxygens (including phenoxy) is 4. The van der Waals surface area contributed by atoms with E-state index >= 15 is 0 Å². The van der Waals surface area contributed by atoms with E-state index in [2.05, 4.69) is 18.0 Å². The first-order valence-electron chi connectivity index (χ1n) is 23.7. The number of allylic oxidation sites excluding steroid dienone is 1. The molecule has 0 saturated heterocycles. The van der Waals surface area contributed by atoms with E-state index in [0.29, 0.717) is 62.0 Å². The lowest BCUT2D eigenvalue weighted by Gasteiger charge is -2.59. The molecule has 6 atom stereocenters. The van der Waals surface area contributed by atoms with Crippen molar-refractivity contribution in [3.05, 3.63) is 158 Å².